The number of carbonyl (C=O) groups excluding carboxylic acids is 1. The van der Waals surface area contributed by atoms with Crippen LogP contribution in [-0.2, 0) is 6.42 Å². The van der Waals surface area contributed by atoms with Gasteiger partial charge in [0.1, 0.15) is 0 Å². The molecule has 0 aromatic heterocycles. The Balaban J connectivity index is 1.74. The molecule has 1 heterocycles. The van der Waals surface area contributed by atoms with Crippen LogP contribution in [0.25, 0.3) is 0 Å². The topological polar surface area (TPSA) is 81.7 Å². The maximum absolute atomic E-state index is 11.8. The SMILES string of the molecule is O=C(O)c1ccc(CCNC(=O)N2CCNCC2)cc1. The molecule has 6 nitrogen and oxygen atoms in total. The van der Waals surface area contributed by atoms with Crippen LogP contribution in [-0.4, -0.2) is 54.7 Å². The molecule has 6 heteroatoms. The van der Waals surface area contributed by atoms with Gasteiger partial charge in [0.25, 0.3) is 0 Å². The molecule has 2 amide bonds. The lowest BCUT2D eigenvalue weighted by molar-refractivity contribution is 0.0697. The van der Waals surface area contributed by atoms with E-state index in [1.165, 1.54) is 0 Å². The average molecular weight is 277 g/mol. The van der Waals surface area contributed by atoms with E-state index in [0.717, 1.165) is 31.7 Å². The molecule has 2 rings (SSSR count). The van der Waals surface area contributed by atoms with Crippen molar-refractivity contribution in [2.45, 2.75) is 6.42 Å². The third-order valence-corrected chi connectivity index (χ3v) is 3.29. The van der Waals surface area contributed by atoms with Crippen molar-refractivity contribution in [2.24, 2.45) is 0 Å². The lowest BCUT2D eigenvalue weighted by atomic mass is 10.1. The zero-order valence-electron chi connectivity index (χ0n) is 11.3. The first-order chi connectivity index (χ1) is 9.66. The van der Waals surface area contributed by atoms with Gasteiger partial charge in [-0.05, 0) is 24.1 Å². The number of nitrogens with zero attached hydrogens (tertiary/aromatic N) is 1. The van der Waals surface area contributed by atoms with Gasteiger partial charge in [-0.1, -0.05) is 12.1 Å². The number of carboxylic acid groups (broad SMARTS) is 1. The van der Waals surface area contributed by atoms with Gasteiger partial charge in [-0.25, -0.2) is 9.59 Å². The maximum atomic E-state index is 11.8. The van der Waals surface area contributed by atoms with Crippen molar-refractivity contribution >= 4 is 12.0 Å². The lowest BCUT2D eigenvalue weighted by Crippen LogP contribution is -2.50. The van der Waals surface area contributed by atoms with Gasteiger partial charge in [-0.15, -0.1) is 0 Å². The fourth-order valence-corrected chi connectivity index (χ4v) is 2.11. The number of rotatable bonds is 4. The second-order valence-electron chi connectivity index (χ2n) is 4.72. The lowest BCUT2D eigenvalue weighted by Gasteiger charge is -2.27. The number of nitrogens with one attached hydrogen (secondary N) is 2. The number of hydrogen-bond donors (Lipinski definition) is 3. The normalized spacial score (nSPS) is 14.9. The quantitative estimate of drug-likeness (QED) is 0.750. The molecule has 0 atom stereocenters. The van der Waals surface area contributed by atoms with Crippen LogP contribution >= 0.6 is 0 Å². The summed E-state index contributed by atoms with van der Waals surface area (Å²) in [5, 5.41) is 14.9. The molecule has 0 saturated carbocycles. The second-order valence-corrected chi connectivity index (χ2v) is 4.72. The number of urea groups is 1. The number of piperazine rings is 1. The van der Waals surface area contributed by atoms with Crippen LogP contribution in [0.1, 0.15) is 15.9 Å². The third kappa shape index (κ3) is 3.96. The molecular weight excluding hydrogens is 258 g/mol. The highest BCUT2D eigenvalue weighted by Crippen LogP contribution is 2.05. The van der Waals surface area contributed by atoms with E-state index in [0.29, 0.717) is 13.0 Å². The van der Waals surface area contributed by atoms with Crippen molar-refractivity contribution in [3.05, 3.63) is 35.4 Å². The van der Waals surface area contributed by atoms with Gasteiger partial charge >= 0.3 is 12.0 Å². The Bertz CT molecular complexity index is 467. The number of hydrogen-bond acceptors (Lipinski definition) is 3. The summed E-state index contributed by atoms with van der Waals surface area (Å²) < 4.78 is 0. The van der Waals surface area contributed by atoms with Crippen LogP contribution in [0.5, 0.6) is 0 Å². The summed E-state index contributed by atoms with van der Waals surface area (Å²) in [5.74, 6) is -0.927. The Morgan fingerprint density at radius 1 is 1.20 bits per heavy atom. The summed E-state index contributed by atoms with van der Waals surface area (Å²) in [6, 6.07) is 6.68. The predicted molar refractivity (Wildman–Crippen MR) is 74.9 cm³/mol. The molecule has 1 saturated heterocycles. The van der Waals surface area contributed by atoms with Crippen molar-refractivity contribution in [1.82, 2.24) is 15.5 Å². The molecule has 0 spiro atoms. The van der Waals surface area contributed by atoms with E-state index in [-0.39, 0.29) is 11.6 Å². The van der Waals surface area contributed by atoms with Crippen molar-refractivity contribution < 1.29 is 14.7 Å². The van der Waals surface area contributed by atoms with E-state index in [1.54, 1.807) is 29.2 Å². The van der Waals surface area contributed by atoms with Gasteiger partial charge in [0.15, 0.2) is 0 Å². The molecule has 0 radical (unpaired) electrons. The van der Waals surface area contributed by atoms with Crippen molar-refractivity contribution in [1.29, 1.82) is 0 Å². The van der Waals surface area contributed by atoms with E-state index in [9.17, 15) is 9.59 Å². The minimum atomic E-state index is -0.927. The van der Waals surface area contributed by atoms with Crippen molar-refractivity contribution in [3.63, 3.8) is 0 Å². The van der Waals surface area contributed by atoms with Crippen LogP contribution in [0, 0.1) is 0 Å². The van der Waals surface area contributed by atoms with E-state index in [1.807, 2.05) is 0 Å². The van der Waals surface area contributed by atoms with Gasteiger partial charge in [0.2, 0.25) is 0 Å². The first-order valence-electron chi connectivity index (χ1n) is 6.72. The fraction of sp³-hybridized carbons (Fsp3) is 0.429. The molecule has 1 aliphatic heterocycles. The Hall–Kier alpha value is -2.08. The minimum absolute atomic E-state index is 0.0337. The van der Waals surface area contributed by atoms with Crippen LogP contribution in [0.4, 0.5) is 4.79 Å². The average Bonchev–Trinajstić information content (AvgIpc) is 2.48. The first kappa shape index (κ1) is 14.3. The zero-order chi connectivity index (χ0) is 14.4. The maximum Gasteiger partial charge on any atom is 0.335 e. The number of carbonyl (C=O) groups is 2. The molecule has 1 fully saturated rings. The van der Waals surface area contributed by atoms with Gasteiger partial charge in [-0.2, -0.15) is 0 Å². The van der Waals surface area contributed by atoms with E-state index >= 15 is 0 Å². The number of amides is 2. The largest absolute Gasteiger partial charge is 0.478 e. The molecule has 108 valence electrons. The first-order valence-corrected chi connectivity index (χ1v) is 6.72. The molecule has 0 aliphatic carbocycles. The van der Waals surface area contributed by atoms with E-state index in [2.05, 4.69) is 10.6 Å². The second kappa shape index (κ2) is 6.91. The van der Waals surface area contributed by atoms with Crippen molar-refractivity contribution in [2.75, 3.05) is 32.7 Å². The summed E-state index contributed by atoms with van der Waals surface area (Å²) in [5.41, 5.74) is 1.29. The summed E-state index contributed by atoms with van der Waals surface area (Å²) >= 11 is 0. The number of carboxylic acids is 1. The van der Waals surface area contributed by atoms with Gasteiger partial charge in [0.05, 0.1) is 5.56 Å². The zero-order valence-corrected chi connectivity index (χ0v) is 11.3. The Kier molecular flexibility index (Phi) is 4.95. The third-order valence-electron chi connectivity index (χ3n) is 3.29. The molecule has 1 aromatic carbocycles. The van der Waals surface area contributed by atoms with Crippen LogP contribution < -0.4 is 10.6 Å². The molecular formula is C14H19N3O3. The van der Waals surface area contributed by atoms with Crippen LogP contribution in [0.2, 0.25) is 0 Å². The highest BCUT2D eigenvalue weighted by molar-refractivity contribution is 5.87. The monoisotopic (exact) mass is 277 g/mol. The molecule has 1 aromatic rings. The molecule has 3 N–H and O–H groups in total. The summed E-state index contributed by atoms with van der Waals surface area (Å²) in [6.45, 7) is 3.70. The number of aromatic carboxylic acids is 1. The van der Waals surface area contributed by atoms with E-state index in [4.69, 9.17) is 5.11 Å². The van der Waals surface area contributed by atoms with Gasteiger partial charge in [-0.3, -0.25) is 0 Å². The molecule has 0 bridgehead atoms. The smallest absolute Gasteiger partial charge is 0.335 e. The summed E-state index contributed by atoms with van der Waals surface area (Å²) in [6.07, 6.45) is 0.692. The Labute approximate surface area is 117 Å². The Morgan fingerprint density at radius 2 is 1.85 bits per heavy atom. The molecule has 1 aliphatic rings. The van der Waals surface area contributed by atoms with Gasteiger partial charge in [0, 0.05) is 32.7 Å². The van der Waals surface area contributed by atoms with E-state index < -0.39 is 5.97 Å². The summed E-state index contributed by atoms with van der Waals surface area (Å²) in [7, 11) is 0. The molecule has 0 unspecified atom stereocenters. The van der Waals surface area contributed by atoms with Crippen LogP contribution in [0.3, 0.4) is 0 Å². The highest BCUT2D eigenvalue weighted by Gasteiger charge is 2.14. The predicted octanol–water partition coefficient (Wildman–Crippen LogP) is 0.542. The summed E-state index contributed by atoms with van der Waals surface area (Å²) in [4.78, 5) is 24.4. The molecule has 20 heavy (non-hydrogen) atoms. The van der Waals surface area contributed by atoms with Crippen molar-refractivity contribution in [3.8, 4) is 0 Å². The Morgan fingerprint density at radius 3 is 2.45 bits per heavy atom. The van der Waals surface area contributed by atoms with Crippen LogP contribution in [0.15, 0.2) is 24.3 Å². The fourth-order valence-electron chi connectivity index (χ4n) is 2.11. The number of benzene rings is 1. The highest BCUT2D eigenvalue weighted by atomic mass is 16.4. The van der Waals surface area contributed by atoms with Gasteiger partial charge < -0.3 is 20.6 Å². The minimum Gasteiger partial charge on any atom is -0.478 e. The standard InChI is InChI=1S/C14H19N3O3/c18-13(19)12-3-1-11(2-4-12)5-6-16-14(20)17-9-7-15-8-10-17/h1-4,15H,5-10H2,(H,16,20)(H,18,19).